The summed E-state index contributed by atoms with van der Waals surface area (Å²) < 4.78 is 32.1. The van der Waals surface area contributed by atoms with Gasteiger partial charge >= 0.3 is 6.03 Å². The highest BCUT2D eigenvalue weighted by Gasteiger charge is 2.25. The van der Waals surface area contributed by atoms with E-state index in [2.05, 4.69) is 19.9 Å². The third-order valence-corrected chi connectivity index (χ3v) is 7.88. The molecule has 2 N–H and O–H groups in total. The number of aryl methyl sites for hydroxylation is 1. The van der Waals surface area contributed by atoms with E-state index in [1.807, 2.05) is 31.2 Å². The molecule has 2 heterocycles. The van der Waals surface area contributed by atoms with Crippen molar-refractivity contribution in [3.05, 3.63) is 30.0 Å². The first-order chi connectivity index (χ1) is 14.4. The Balaban J connectivity index is 1.75. The van der Waals surface area contributed by atoms with E-state index in [4.69, 9.17) is 4.74 Å². The molecule has 1 aromatic heterocycles. The number of carbonyl (C=O) groups excluding carboxylic acids is 1. The molecule has 164 valence electrons. The van der Waals surface area contributed by atoms with Crippen LogP contribution >= 0.6 is 11.3 Å². The average Bonchev–Trinajstić information content (AvgIpc) is 3.15. The number of sulfonamides is 1. The van der Waals surface area contributed by atoms with Crippen LogP contribution in [0.15, 0.2) is 28.5 Å². The highest BCUT2D eigenvalue weighted by Crippen LogP contribution is 2.30. The van der Waals surface area contributed by atoms with Gasteiger partial charge in [0.05, 0.1) is 18.9 Å². The molecule has 0 saturated carbocycles. The number of anilines is 3. The van der Waals surface area contributed by atoms with Crippen molar-refractivity contribution in [2.45, 2.75) is 24.5 Å². The maximum Gasteiger partial charge on any atom is 0.328 e. The topological polar surface area (TPSA) is 104 Å². The lowest BCUT2D eigenvalue weighted by molar-refractivity contribution is 0.122. The lowest BCUT2D eigenvalue weighted by atomic mass is 10.2. The molecule has 9 nitrogen and oxygen atoms in total. The number of nitrogens with zero attached hydrogens (tertiary/aromatic N) is 3. The van der Waals surface area contributed by atoms with Crippen molar-refractivity contribution in [2.24, 2.45) is 0 Å². The number of hydrogen-bond acceptors (Lipinski definition) is 7. The highest BCUT2D eigenvalue weighted by molar-refractivity contribution is 7.91. The van der Waals surface area contributed by atoms with Crippen LogP contribution in [0.4, 0.5) is 21.3 Å². The summed E-state index contributed by atoms with van der Waals surface area (Å²) in [7, 11) is -2.27. The standard InChI is InChI=1S/C19H27N5O4S2/c1-4-9-24(19-21-14(2)17(29-19)30(26,27)20-3)18(25)22-15-5-7-16(8-6-15)23-10-12-28-13-11-23/h5-8,20H,4,9-13H2,1-3H3,(H,22,25). The van der Waals surface area contributed by atoms with E-state index < -0.39 is 10.0 Å². The number of rotatable bonds is 7. The Morgan fingerprint density at radius 2 is 1.93 bits per heavy atom. The van der Waals surface area contributed by atoms with Crippen molar-refractivity contribution in [3.8, 4) is 0 Å². The van der Waals surface area contributed by atoms with Gasteiger partial charge in [0.25, 0.3) is 10.0 Å². The minimum atomic E-state index is -3.62. The van der Waals surface area contributed by atoms with Gasteiger partial charge in [-0.3, -0.25) is 4.90 Å². The van der Waals surface area contributed by atoms with E-state index in [9.17, 15) is 13.2 Å². The number of nitrogens with one attached hydrogen (secondary N) is 2. The fraction of sp³-hybridized carbons (Fsp3) is 0.474. The molecule has 1 saturated heterocycles. The Kier molecular flexibility index (Phi) is 7.29. The lowest BCUT2D eigenvalue weighted by Gasteiger charge is -2.29. The van der Waals surface area contributed by atoms with Gasteiger partial charge in [0, 0.05) is 31.0 Å². The number of carbonyl (C=O) groups is 1. The third-order valence-electron chi connectivity index (χ3n) is 4.67. The van der Waals surface area contributed by atoms with E-state index in [-0.39, 0.29) is 10.2 Å². The van der Waals surface area contributed by atoms with Crippen LogP contribution in [0.25, 0.3) is 0 Å². The van der Waals surface area contributed by atoms with E-state index in [1.54, 1.807) is 6.92 Å². The Morgan fingerprint density at radius 3 is 2.53 bits per heavy atom. The molecule has 1 aromatic carbocycles. The van der Waals surface area contributed by atoms with E-state index >= 15 is 0 Å². The summed E-state index contributed by atoms with van der Waals surface area (Å²) in [5.41, 5.74) is 2.11. The zero-order valence-corrected chi connectivity index (χ0v) is 19.0. The average molecular weight is 454 g/mol. The van der Waals surface area contributed by atoms with Crippen LogP contribution in [0.1, 0.15) is 19.0 Å². The van der Waals surface area contributed by atoms with Gasteiger partial charge in [-0.2, -0.15) is 0 Å². The molecule has 30 heavy (non-hydrogen) atoms. The van der Waals surface area contributed by atoms with Crippen molar-refractivity contribution in [1.29, 1.82) is 0 Å². The molecule has 2 amide bonds. The zero-order chi connectivity index (χ0) is 21.7. The number of ether oxygens (including phenoxy) is 1. The largest absolute Gasteiger partial charge is 0.378 e. The second kappa shape index (κ2) is 9.73. The summed E-state index contributed by atoms with van der Waals surface area (Å²) in [6.07, 6.45) is 0.704. The van der Waals surface area contributed by atoms with Gasteiger partial charge in [-0.25, -0.2) is 22.9 Å². The Morgan fingerprint density at radius 1 is 1.27 bits per heavy atom. The molecule has 2 aromatic rings. The second-order valence-electron chi connectivity index (χ2n) is 6.80. The second-order valence-corrected chi connectivity index (χ2v) is 9.86. The number of amides is 2. The highest BCUT2D eigenvalue weighted by atomic mass is 32.2. The Hall–Kier alpha value is -2.21. The SMILES string of the molecule is CCCN(C(=O)Nc1ccc(N2CCOCC2)cc1)c1nc(C)c(S(=O)(=O)NC)s1. The fourth-order valence-electron chi connectivity index (χ4n) is 3.10. The summed E-state index contributed by atoms with van der Waals surface area (Å²) in [5, 5.41) is 3.23. The Bertz CT molecular complexity index is 969. The maximum atomic E-state index is 12.9. The molecule has 0 radical (unpaired) electrons. The molecule has 3 rings (SSSR count). The van der Waals surface area contributed by atoms with Crippen LogP contribution in [-0.4, -0.2) is 59.3 Å². The number of morpholine rings is 1. The van der Waals surface area contributed by atoms with Gasteiger partial charge in [0.15, 0.2) is 9.34 Å². The maximum absolute atomic E-state index is 12.9. The summed E-state index contributed by atoms with van der Waals surface area (Å²) in [6, 6.07) is 7.30. The first-order valence-corrected chi connectivity index (χ1v) is 12.1. The molecule has 0 atom stereocenters. The molecular formula is C19H27N5O4S2. The Labute approximate surface area is 181 Å². The predicted molar refractivity (Wildman–Crippen MR) is 119 cm³/mol. The predicted octanol–water partition coefficient (Wildman–Crippen LogP) is 2.64. The van der Waals surface area contributed by atoms with Gasteiger partial charge in [-0.05, 0) is 44.7 Å². The molecule has 11 heteroatoms. The number of urea groups is 1. The van der Waals surface area contributed by atoms with Crippen LogP contribution in [0.3, 0.4) is 0 Å². The molecule has 1 fully saturated rings. The van der Waals surface area contributed by atoms with Gasteiger partial charge in [-0.1, -0.05) is 18.3 Å². The van der Waals surface area contributed by atoms with E-state index in [1.165, 1.54) is 11.9 Å². The van der Waals surface area contributed by atoms with Crippen LogP contribution in [0.2, 0.25) is 0 Å². The smallest absolute Gasteiger partial charge is 0.328 e. The van der Waals surface area contributed by atoms with Crippen LogP contribution < -0.4 is 19.8 Å². The van der Waals surface area contributed by atoms with Crippen molar-refractivity contribution in [3.63, 3.8) is 0 Å². The summed E-state index contributed by atoms with van der Waals surface area (Å²) >= 11 is 0.984. The van der Waals surface area contributed by atoms with Gasteiger partial charge < -0.3 is 15.0 Å². The van der Waals surface area contributed by atoms with E-state index in [0.29, 0.717) is 42.7 Å². The van der Waals surface area contributed by atoms with Gasteiger partial charge in [0.1, 0.15) is 0 Å². The number of hydrogen-bond donors (Lipinski definition) is 2. The normalized spacial score (nSPS) is 14.6. The molecule has 1 aliphatic rings. The number of aromatic nitrogens is 1. The summed E-state index contributed by atoms with van der Waals surface area (Å²) in [4.78, 5) is 21.0. The van der Waals surface area contributed by atoms with Crippen molar-refractivity contribution < 1.29 is 17.9 Å². The molecule has 0 aliphatic carbocycles. The van der Waals surface area contributed by atoms with Crippen LogP contribution in [-0.2, 0) is 14.8 Å². The first kappa shape index (κ1) is 22.5. The molecule has 1 aliphatic heterocycles. The van der Waals surface area contributed by atoms with Gasteiger partial charge in [-0.15, -0.1) is 0 Å². The molecule has 0 spiro atoms. The third kappa shape index (κ3) is 5.09. The summed E-state index contributed by atoms with van der Waals surface area (Å²) in [6.45, 7) is 7.10. The van der Waals surface area contributed by atoms with E-state index in [0.717, 1.165) is 30.1 Å². The summed E-state index contributed by atoms with van der Waals surface area (Å²) in [5.74, 6) is 0. The van der Waals surface area contributed by atoms with Crippen LogP contribution in [0, 0.1) is 6.92 Å². The molecular weight excluding hydrogens is 426 g/mol. The monoisotopic (exact) mass is 453 g/mol. The quantitative estimate of drug-likeness (QED) is 0.668. The molecule has 0 bridgehead atoms. The fourth-order valence-corrected chi connectivity index (χ4v) is 5.46. The van der Waals surface area contributed by atoms with Crippen molar-refractivity contribution in [2.75, 3.05) is 55.0 Å². The number of benzene rings is 1. The molecule has 0 unspecified atom stereocenters. The minimum Gasteiger partial charge on any atom is -0.378 e. The first-order valence-electron chi connectivity index (χ1n) is 9.78. The minimum absolute atomic E-state index is 0.115. The van der Waals surface area contributed by atoms with Crippen molar-refractivity contribution >= 4 is 43.9 Å². The lowest BCUT2D eigenvalue weighted by Crippen LogP contribution is -2.36. The van der Waals surface area contributed by atoms with Gasteiger partial charge in [0.2, 0.25) is 0 Å². The number of thiazole rings is 1. The zero-order valence-electron chi connectivity index (χ0n) is 17.3. The van der Waals surface area contributed by atoms with Crippen molar-refractivity contribution in [1.82, 2.24) is 9.71 Å². The van der Waals surface area contributed by atoms with Crippen LogP contribution in [0.5, 0.6) is 0 Å².